The quantitative estimate of drug-likeness (QED) is 0.602. The summed E-state index contributed by atoms with van der Waals surface area (Å²) >= 11 is 0. The van der Waals surface area contributed by atoms with Gasteiger partial charge >= 0.3 is 0 Å². The lowest BCUT2D eigenvalue weighted by atomic mass is 10.0. The highest BCUT2D eigenvalue weighted by atomic mass is 32.2. The molecule has 0 aliphatic carbocycles. The molecule has 156 valence electrons. The first-order valence-corrected chi connectivity index (χ1v) is 10.8. The van der Waals surface area contributed by atoms with Crippen molar-refractivity contribution >= 4 is 27.3 Å². The van der Waals surface area contributed by atoms with Crippen LogP contribution in [0, 0.1) is 20.8 Å². The van der Waals surface area contributed by atoms with Gasteiger partial charge in [0.1, 0.15) is 5.75 Å². The minimum atomic E-state index is -3.77. The molecule has 3 rings (SSSR count). The molecule has 0 aliphatic rings. The van der Waals surface area contributed by atoms with Crippen molar-refractivity contribution in [2.75, 3.05) is 17.1 Å². The van der Waals surface area contributed by atoms with Crippen LogP contribution in [0.2, 0.25) is 0 Å². The number of aryl methyl sites for hydroxylation is 3. The van der Waals surface area contributed by atoms with Crippen LogP contribution in [0.4, 0.5) is 11.4 Å². The molecule has 0 radical (unpaired) electrons. The third-order valence-corrected chi connectivity index (χ3v) is 6.08. The summed E-state index contributed by atoms with van der Waals surface area (Å²) in [7, 11) is -2.23. The molecule has 1 amide bonds. The first kappa shape index (κ1) is 21.4. The summed E-state index contributed by atoms with van der Waals surface area (Å²) in [6, 6.07) is 16.4. The van der Waals surface area contributed by atoms with Gasteiger partial charge in [-0.05, 0) is 80.4 Å². The van der Waals surface area contributed by atoms with Gasteiger partial charge in [0.05, 0.1) is 12.0 Å². The fourth-order valence-corrected chi connectivity index (χ4v) is 4.28. The van der Waals surface area contributed by atoms with Crippen LogP contribution >= 0.6 is 0 Å². The predicted molar refractivity (Wildman–Crippen MR) is 119 cm³/mol. The van der Waals surface area contributed by atoms with Gasteiger partial charge in [0, 0.05) is 16.9 Å². The normalized spacial score (nSPS) is 11.1. The van der Waals surface area contributed by atoms with Crippen LogP contribution < -0.4 is 14.8 Å². The third-order valence-electron chi connectivity index (χ3n) is 4.68. The second-order valence-corrected chi connectivity index (χ2v) is 8.77. The Morgan fingerprint density at radius 2 is 1.43 bits per heavy atom. The lowest BCUT2D eigenvalue weighted by molar-refractivity contribution is 0.102. The number of carbonyl (C=O) groups excluding carboxylic acids is 1. The van der Waals surface area contributed by atoms with E-state index in [-0.39, 0.29) is 10.8 Å². The van der Waals surface area contributed by atoms with Crippen LogP contribution in [0.15, 0.2) is 65.6 Å². The molecule has 0 atom stereocenters. The van der Waals surface area contributed by atoms with E-state index in [2.05, 4.69) is 10.0 Å². The summed E-state index contributed by atoms with van der Waals surface area (Å²) < 4.78 is 32.8. The second-order valence-electron chi connectivity index (χ2n) is 7.09. The van der Waals surface area contributed by atoms with Crippen LogP contribution in [0.25, 0.3) is 0 Å². The van der Waals surface area contributed by atoms with Crippen molar-refractivity contribution in [3.05, 3.63) is 82.9 Å². The van der Waals surface area contributed by atoms with E-state index < -0.39 is 10.0 Å². The zero-order chi connectivity index (χ0) is 21.9. The Morgan fingerprint density at radius 3 is 1.97 bits per heavy atom. The number of hydrogen-bond acceptors (Lipinski definition) is 4. The average molecular weight is 425 g/mol. The van der Waals surface area contributed by atoms with Crippen molar-refractivity contribution in [2.45, 2.75) is 25.7 Å². The van der Waals surface area contributed by atoms with E-state index in [4.69, 9.17) is 4.74 Å². The minimum absolute atomic E-state index is 0.0672. The lowest BCUT2D eigenvalue weighted by Crippen LogP contribution is -2.15. The van der Waals surface area contributed by atoms with Crippen LogP contribution in [0.1, 0.15) is 27.0 Å². The molecule has 7 heteroatoms. The van der Waals surface area contributed by atoms with Crippen LogP contribution in [0.5, 0.6) is 5.75 Å². The fourth-order valence-electron chi connectivity index (χ4n) is 3.22. The molecule has 0 aliphatic heterocycles. The molecule has 0 aromatic heterocycles. The number of rotatable bonds is 6. The second kappa shape index (κ2) is 8.59. The fraction of sp³-hybridized carbons (Fsp3) is 0.174. The first-order valence-electron chi connectivity index (χ1n) is 9.36. The molecule has 6 nitrogen and oxygen atoms in total. The number of hydrogen-bond donors (Lipinski definition) is 2. The summed E-state index contributed by atoms with van der Waals surface area (Å²) in [4.78, 5) is 12.7. The molecule has 3 aromatic rings. The van der Waals surface area contributed by atoms with E-state index in [0.717, 1.165) is 22.4 Å². The maximum atomic E-state index is 12.6. The number of benzene rings is 3. The van der Waals surface area contributed by atoms with Crippen molar-refractivity contribution in [3.63, 3.8) is 0 Å². The Balaban J connectivity index is 1.75. The zero-order valence-electron chi connectivity index (χ0n) is 17.3. The maximum Gasteiger partial charge on any atom is 0.261 e. The van der Waals surface area contributed by atoms with E-state index in [1.165, 1.54) is 24.3 Å². The molecule has 30 heavy (non-hydrogen) atoms. The van der Waals surface area contributed by atoms with E-state index in [1.54, 1.807) is 31.4 Å². The number of nitrogens with one attached hydrogen (secondary N) is 2. The third kappa shape index (κ3) is 4.80. The molecular weight excluding hydrogens is 400 g/mol. The van der Waals surface area contributed by atoms with Crippen molar-refractivity contribution < 1.29 is 17.9 Å². The molecule has 0 saturated carbocycles. The largest absolute Gasteiger partial charge is 0.497 e. The van der Waals surface area contributed by atoms with Gasteiger partial charge in [-0.15, -0.1) is 0 Å². The lowest BCUT2D eigenvalue weighted by Gasteiger charge is -2.13. The molecule has 0 unspecified atom stereocenters. The van der Waals surface area contributed by atoms with Crippen molar-refractivity contribution in [3.8, 4) is 5.75 Å². The van der Waals surface area contributed by atoms with E-state index >= 15 is 0 Å². The summed E-state index contributed by atoms with van der Waals surface area (Å²) in [5.41, 5.74) is 4.64. The van der Waals surface area contributed by atoms with Crippen LogP contribution in [-0.2, 0) is 10.0 Å². The monoisotopic (exact) mass is 424 g/mol. The SMILES string of the molecule is COc1ccc(NS(=O)(=O)c2ccc(C(=O)Nc3c(C)cc(C)cc3C)cc2)cc1. The van der Waals surface area contributed by atoms with Crippen LogP contribution in [-0.4, -0.2) is 21.4 Å². The Morgan fingerprint density at radius 1 is 0.867 bits per heavy atom. The minimum Gasteiger partial charge on any atom is -0.497 e. The standard InChI is InChI=1S/C23H24N2O4S/c1-15-13-16(2)22(17(3)14-15)24-23(26)18-5-11-21(12-6-18)30(27,28)25-19-7-9-20(29-4)10-8-19/h5-14,25H,1-4H3,(H,24,26). The zero-order valence-corrected chi connectivity index (χ0v) is 18.1. The van der Waals surface area contributed by atoms with Gasteiger partial charge in [0.15, 0.2) is 0 Å². The summed E-state index contributed by atoms with van der Waals surface area (Å²) in [6.07, 6.45) is 0. The van der Waals surface area contributed by atoms with Gasteiger partial charge in [-0.25, -0.2) is 8.42 Å². The number of carbonyl (C=O) groups is 1. The maximum absolute atomic E-state index is 12.6. The summed E-state index contributed by atoms with van der Waals surface area (Å²) in [5, 5.41) is 2.91. The van der Waals surface area contributed by atoms with Crippen molar-refractivity contribution in [1.29, 1.82) is 0 Å². The molecule has 0 fully saturated rings. The average Bonchev–Trinajstić information content (AvgIpc) is 2.71. The predicted octanol–water partition coefficient (Wildman–Crippen LogP) is 4.67. The van der Waals surface area contributed by atoms with Gasteiger partial charge in [0.2, 0.25) is 0 Å². The van der Waals surface area contributed by atoms with Gasteiger partial charge in [0.25, 0.3) is 15.9 Å². The highest BCUT2D eigenvalue weighted by Crippen LogP contribution is 2.23. The van der Waals surface area contributed by atoms with Gasteiger partial charge in [-0.1, -0.05) is 17.7 Å². The topological polar surface area (TPSA) is 84.5 Å². The first-order chi connectivity index (χ1) is 14.2. The van der Waals surface area contributed by atoms with Crippen molar-refractivity contribution in [2.24, 2.45) is 0 Å². The van der Waals surface area contributed by atoms with Gasteiger partial charge in [-0.2, -0.15) is 0 Å². The van der Waals surface area contributed by atoms with Gasteiger partial charge < -0.3 is 10.1 Å². The Kier molecular flexibility index (Phi) is 6.12. The highest BCUT2D eigenvalue weighted by Gasteiger charge is 2.16. The molecule has 3 aromatic carbocycles. The number of amides is 1. The molecule has 0 spiro atoms. The smallest absolute Gasteiger partial charge is 0.261 e. The molecule has 0 heterocycles. The summed E-state index contributed by atoms with van der Waals surface area (Å²) in [6.45, 7) is 5.89. The molecule has 0 bridgehead atoms. The number of sulfonamides is 1. The van der Waals surface area contributed by atoms with E-state index in [9.17, 15) is 13.2 Å². The van der Waals surface area contributed by atoms with Crippen LogP contribution in [0.3, 0.4) is 0 Å². The highest BCUT2D eigenvalue weighted by molar-refractivity contribution is 7.92. The molecular formula is C23H24N2O4S. The van der Waals surface area contributed by atoms with E-state index in [0.29, 0.717) is 17.0 Å². The van der Waals surface area contributed by atoms with E-state index in [1.807, 2.05) is 32.9 Å². The number of ether oxygens (including phenoxy) is 1. The van der Waals surface area contributed by atoms with Crippen molar-refractivity contribution in [1.82, 2.24) is 0 Å². The summed E-state index contributed by atoms with van der Waals surface area (Å²) in [5.74, 6) is 0.337. The Hall–Kier alpha value is -3.32. The number of methoxy groups -OCH3 is 1. The van der Waals surface area contributed by atoms with Gasteiger partial charge in [-0.3, -0.25) is 9.52 Å². The Labute approximate surface area is 177 Å². The molecule has 0 saturated heterocycles. The molecule has 2 N–H and O–H groups in total. The Bertz CT molecular complexity index is 1150. The number of anilines is 2.